The largest absolute Gasteiger partial charge is 0.415 e. The van der Waals surface area contributed by atoms with Crippen LogP contribution in [0.2, 0.25) is 18.1 Å². The summed E-state index contributed by atoms with van der Waals surface area (Å²) in [7, 11) is -1.66. The lowest BCUT2D eigenvalue weighted by molar-refractivity contribution is 0.0441. The van der Waals surface area contributed by atoms with E-state index in [9.17, 15) is 0 Å². The van der Waals surface area contributed by atoms with Crippen LogP contribution < -0.4 is 10.8 Å². The molecule has 1 aliphatic heterocycles. The molecule has 1 heterocycles. The Morgan fingerprint density at radius 2 is 2.10 bits per heavy atom. The van der Waals surface area contributed by atoms with Crippen LogP contribution in [-0.2, 0) is 9.26 Å². The zero-order valence-electron chi connectivity index (χ0n) is 13.5. The van der Waals surface area contributed by atoms with E-state index in [1.54, 1.807) is 6.08 Å². The summed E-state index contributed by atoms with van der Waals surface area (Å²) in [6.07, 6.45) is 6.02. The average molecular weight is 299 g/mol. The molecule has 2 N–H and O–H groups in total. The van der Waals surface area contributed by atoms with Gasteiger partial charge in [-0.05, 0) is 18.1 Å². The Balaban J connectivity index is 2.34. The van der Waals surface area contributed by atoms with Gasteiger partial charge in [0.25, 0.3) is 0 Å². The predicted molar refractivity (Wildman–Crippen MR) is 87.2 cm³/mol. The van der Waals surface area contributed by atoms with Crippen LogP contribution in [0.1, 0.15) is 20.8 Å². The SMILES string of the molecule is C=CCON[C@@H]1C=C[C@@H](CO[Si](C)(C)C(C)(C)C)NC1. The summed E-state index contributed by atoms with van der Waals surface area (Å²) < 4.78 is 6.23. The Labute approximate surface area is 124 Å². The van der Waals surface area contributed by atoms with E-state index < -0.39 is 8.32 Å². The minimum Gasteiger partial charge on any atom is -0.415 e. The van der Waals surface area contributed by atoms with Crippen LogP contribution in [0, 0.1) is 0 Å². The van der Waals surface area contributed by atoms with Crippen molar-refractivity contribution in [1.82, 2.24) is 10.8 Å². The van der Waals surface area contributed by atoms with Crippen molar-refractivity contribution in [3.05, 3.63) is 24.8 Å². The molecule has 0 bridgehead atoms. The van der Waals surface area contributed by atoms with E-state index >= 15 is 0 Å². The molecule has 0 aromatic heterocycles. The molecule has 0 aliphatic carbocycles. The Morgan fingerprint density at radius 3 is 2.60 bits per heavy atom. The van der Waals surface area contributed by atoms with Gasteiger partial charge in [-0.15, -0.1) is 6.58 Å². The average Bonchev–Trinajstić information content (AvgIpc) is 2.37. The molecule has 4 nitrogen and oxygen atoms in total. The van der Waals surface area contributed by atoms with Gasteiger partial charge in [-0.1, -0.05) is 39.0 Å². The van der Waals surface area contributed by atoms with Crippen LogP contribution in [0.25, 0.3) is 0 Å². The second-order valence-corrected chi connectivity index (χ2v) is 11.6. The minimum atomic E-state index is -1.66. The lowest BCUT2D eigenvalue weighted by atomic mass is 10.1. The third-order valence-electron chi connectivity index (χ3n) is 4.04. The van der Waals surface area contributed by atoms with Gasteiger partial charge in [0.2, 0.25) is 0 Å². The van der Waals surface area contributed by atoms with Gasteiger partial charge in [0.05, 0.1) is 19.3 Å². The Bertz CT molecular complexity index is 337. The highest BCUT2D eigenvalue weighted by molar-refractivity contribution is 6.74. The molecule has 0 radical (unpaired) electrons. The molecule has 116 valence electrons. The maximum atomic E-state index is 6.23. The van der Waals surface area contributed by atoms with Gasteiger partial charge < -0.3 is 9.74 Å². The van der Waals surface area contributed by atoms with Crippen molar-refractivity contribution in [3.63, 3.8) is 0 Å². The molecule has 20 heavy (non-hydrogen) atoms. The Morgan fingerprint density at radius 1 is 1.40 bits per heavy atom. The smallest absolute Gasteiger partial charge is 0.192 e. The van der Waals surface area contributed by atoms with Gasteiger partial charge in [0, 0.05) is 12.6 Å². The van der Waals surface area contributed by atoms with Crippen LogP contribution in [0.3, 0.4) is 0 Å². The summed E-state index contributed by atoms with van der Waals surface area (Å²) in [6.45, 7) is 17.1. The number of rotatable bonds is 7. The summed E-state index contributed by atoms with van der Waals surface area (Å²) in [5.41, 5.74) is 2.99. The first kappa shape index (κ1) is 17.6. The zero-order valence-corrected chi connectivity index (χ0v) is 14.5. The highest BCUT2D eigenvalue weighted by atomic mass is 28.4. The molecule has 0 saturated heterocycles. The highest BCUT2D eigenvalue weighted by Crippen LogP contribution is 2.36. The van der Waals surface area contributed by atoms with E-state index in [1.807, 2.05) is 0 Å². The van der Waals surface area contributed by atoms with Gasteiger partial charge >= 0.3 is 0 Å². The van der Waals surface area contributed by atoms with E-state index in [1.165, 1.54) is 0 Å². The quantitative estimate of drug-likeness (QED) is 0.328. The van der Waals surface area contributed by atoms with Crippen molar-refractivity contribution in [2.45, 2.75) is 51.0 Å². The van der Waals surface area contributed by atoms with Crippen molar-refractivity contribution in [2.75, 3.05) is 19.8 Å². The molecule has 0 saturated carbocycles. The van der Waals surface area contributed by atoms with Crippen molar-refractivity contribution in [3.8, 4) is 0 Å². The number of hydrogen-bond acceptors (Lipinski definition) is 4. The van der Waals surface area contributed by atoms with E-state index in [0.717, 1.165) is 13.2 Å². The lowest BCUT2D eigenvalue weighted by Crippen LogP contribution is -2.49. The van der Waals surface area contributed by atoms with Gasteiger partial charge in [-0.25, -0.2) is 0 Å². The van der Waals surface area contributed by atoms with E-state index in [2.05, 4.69) is 63.4 Å². The van der Waals surface area contributed by atoms with Crippen LogP contribution in [0.5, 0.6) is 0 Å². The summed E-state index contributed by atoms with van der Waals surface area (Å²) in [5, 5.41) is 3.72. The Kier molecular flexibility index (Phi) is 6.61. The minimum absolute atomic E-state index is 0.207. The van der Waals surface area contributed by atoms with Crippen molar-refractivity contribution in [1.29, 1.82) is 0 Å². The molecule has 0 aromatic rings. The second-order valence-electron chi connectivity index (χ2n) is 6.79. The molecular formula is C15H30N2O2Si. The Hall–Kier alpha value is -0.463. The topological polar surface area (TPSA) is 42.5 Å². The van der Waals surface area contributed by atoms with Crippen LogP contribution >= 0.6 is 0 Å². The first-order valence-corrected chi connectivity index (χ1v) is 10.2. The number of nitrogens with one attached hydrogen (secondary N) is 2. The first-order chi connectivity index (χ1) is 9.26. The summed E-state index contributed by atoms with van der Waals surface area (Å²) in [4.78, 5) is 5.23. The van der Waals surface area contributed by atoms with Gasteiger partial charge in [0.15, 0.2) is 8.32 Å². The molecule has 5 heteroatoms. The highest BCUT2D eigenvalue weighted by Gasteiger charge is 2.37. The second kappa shape index (κ2) is 7.52. The molecule has 1 aliphatic rings. The van der Waals surface area contributed by atoms with Crippen molar-refractivity contribution >= 4 is 8.32 Å². The molecule has 0 amide bonds. The van der Waals surface area contributed by atoms with Gasteiger partial charge in [-0.3, -0.25) is 4.84 Å². The van der Waals surface area contributed by atoms with Crippen LogP contribution in [-0.4, -0.2) is 40.2 Å². The van der Waals surface area contributed by atoms with E-state index in [4.69, 9.17) is 9.26 Å². The maximum absolute atomic E-state index is 6.23. The number of hydrogen-bond donors (Lipinski definition) is 2. The molecule has 0 fully saturated rings. The first-order valence-electron chi connectivity index (χ1n) is 7.30. The lowest BCUT2D eigenvalue weighted by Gasteiger charge is -2.37. The van der Waals surface area contributed by atoms with Crippen LogP contribution in [0.15, 0.2) is 24.8 Å². The fourth-order valence-corrected chi connectivity index (χ4v) is 2.64. The normalized spacial score (nSPS) is 23.9. The zero-order chi connectivity index (χ0) is 15.2. The van der Waals surface area contributed by atoms with Gasteiger partial charge in [-0.2, -0.15) is 5.48 Å². The summed E-state index contributed by atoms with van der Waals surface area (Å²) in [5.74, 6) is 0. The van der Waals surface area contributed by atoms with Crippen molar-refractivity contribution < 1.29 is 9.26 Å². The maximum Gasteiger partial charge on any atom is 0.192 e. The predicted octanol–water partition coefficient (Wildman–Crippen LogP) is 2.61. The van der Waals surface area contributed by atoms with Crippen molar-refractivity contribution in [2.24, 2.45) is 0 Å². The van der Waals surface area contributed by atoms with Crippen LogP contribution in [0.4, 0.5) is 0 Å². The summed E-state index contributed by atoms with van der Waals surface area (Å²) in [6, 6.07) is 0.501. The fourth-order valence-electron chi connectivity index (χ4n) is 1.61. The van der Waals surface area contributed by atoms with E-state index in [0.29, 0.717) is 12.6 Å². The van der Waals surface area contributed by atoms with Gasteiger partial charge in [0.1, 0.15) is 0 Å². The molecule has 0 unspecified atom stereocenters. The molecule has 0 aromatic carbocycles. The summed E-state index contributed by atoms with van der Waals surface area (Å²) >= 11 is 0. The third-order valence-corrected chi connectivity index (χ3v) is 8.54. The molecule has 2 atom stereocenters. The molecular weight excluding hydrogens is 268 g/mol. The van der Waals surface area contributed by atoms with E-state index in [-0.39, 0.29) is 11.1 Å². The standard InChI is InChI=1S/C15H30N2O2Si/c1-7-10-18-17-13-8-9-14(16-11-13)12-19-20(5,6)15(2,3)4/h7-9,13-14,16-17H,1,10-12H2,2-6H3/t13-,14+/m1/s1. The number of hydroxylamine groups is 1. The monoisotopic (exact) mass is 298 g/mol. The fraction of sp³-hybridized carbons (Fsp3) is 0.733. The third kappa shape index (κ3) is 5.50. The molecule has 0 spiro atoms. The molecule has 1 rings (SSSR count).